The van der Waals surface area contributed by atoms with Crippen molar-refractivity contribution < 1.29 is 27.4 Å². The molecular weight excluding hydrogens is 473 g/mol. The summed E-state index contributed by atoms with van der Waals surface area (Å²) in [6.07, 6.45) is 0.411. The van der Waals surface area contributed by atoms with Crippen molar-refractivity contribution in [3.63, 3.8) is 0 Å². The molecule has 0 aliphatic carbocycles. The molecule has 3 aromatic rings. The second-order valence-corrected chi connectivity index (χ2v) is 7.92. The molecule has 1 fully saturated rings. The summed E-state index contributed by atoms with van der Waals surface area (Å²) in [5.41, 5.74) is 0.353. The van der Waals surface area contributed by atoms with Gasteiger partial charge >= 0.3 is 0 Å². The minimum absolute atomic E-state index is 0.0900. The molecule has 0 bridgehead atoms. The quantitative estimate of drug-likeness (QED) is 0.393. The summed E-state index contributed by atoms with van der Waals surface area (Å²) in [7, 11) is 1.43. The van der Waals surface area contributed by atoms with Gasteiger partial charge in [-0.1, -0.05) is 18.2 Å². The third-order valence-corrected chi connectivity index (χ3v) is 5.80. The summed E-state index contributed by atoms with van der Waals surface area (Å²) in [6, 6.07) is 5.35. The highest BCUT2D eigenvalue weighted by atomic mass is 35.5. The number of anilines is 2. The van der Waals surface area contributed by atoms with Crippen LogP contribution in [0.2, 0.25) is 5.02 Å². The molecule has 178 valence electrons. The largest absolute Gasteiger partial charge is 0.493 e. The number of carbonyl (C=O) groups excluding carboxylic acids is 1. The van der Waals surface area contributed by atoms with E-state index in [2.05, 4.69) is 21.9 Å². The van der Waals surface area contributed by atoms with E-state index in [1.807, 2.05) is 0 Å². The summed E-state index contributed by atoms with van der Waals surface area (Å²) in [4.78, 5) is 21.5. The van der Waals surface area contributed by atoms with Crippen LogP contribution >= 0.6 is 11.6 Å². The molecule has 2 atom stereocenters. The van der Waals surface area contributed by atoms with Crippen molar-refractivity contribution in [3.8, 4) is 11.5 Å². The maximum Gasteiger partial charge on any atom is 0.246 e. The topological polar surface area (TPSA) is 76.6 Å². The fraction of sp³-hybridized carbons (Fsp3) is 0.261. The summed E-state index contributed by atoms with van der Waals surface area (Å²) in [5, 5.41) is 2.56. The smallest absolute Gasteiger partial charge is 0.246 e. The SMILES string of the molecule is C=CC(=O)N1CCC(Oc2cc3c(Nc4ccc(F)c(Cl)c4F)ncnc3cc2OC)C(F)C1. The van der Waals surface area contributed by atoms with Gasteiger partial charge in [0, 0.05) is 24.4 Å². The van der Waals surface area contributed by atoms with Crippen LogP contribution in [0.15, 0.2) is 43.2 Å². The van der Waals surface area contributed by atoms with Crippen LogP contribution < -0.4 is 14.8 Å². The van der Waals surface area contributed by atoms with E-state index in [4.69, 9.17) is 21.1 Å². The van der Waals surface area contributed by atoms with E-state index in [0.717, 1.165) is 12.1 Å². The first-order valence-electron chi connectivity index (χ1n) is 10.3. The number of aromatic nitrogens is 2. The first-order valence-corrected chi connectivity index (χ1v) is 10.7. The Morgan fingerprint density at radius 1 is 1.29 bits per heavy atom. The zero-order valence-corrected chi connectivity index (χ0v) is 18.8. The van der Waals surface area contributed by atoms with E-state index >= 15 is 0 Å². The van der Waals surface area contributed by atoms with Gasteiger partial charge in [0.05, 0.1) is 24.9 Å². The Kier molecular flexibility index (Phi) is 6.78. The maximum atomic E-state index is 14.8. The van der Waals surface area contributed by atoms with Gasteiger partial charge in [-0.05, 0) is 24.3 Å². The number of benzene rings is 2. The van der Waals surface area contributed by atoms with Gasteiger partial charge in [-0.2, -0.15) is 0 Å². The number of halogens is 4. The zero-order valence-electron chi connectivity index (χ0n) is 18.0. The molecule has 1 amide bonds. The Morgan fingerprint density at radius 2 is 2.09 bits per heavy atom. The lowest BCUT2D eigenvalue weighted by atomic mass is 10.1. The fourth-order valence-corrected chi connectivity index (χ4v) is 3.84. The lowest BCUT2D eigenvalue weighted by Crippen LogP contribution is -2.48. The number of methoxy groups -OCH3 is 1. The summed E-state index contributed by atoms with van der Waals surface area (Å²) in [6.45, 7) is 3.62. The van der Waals surface area contributed by atoms with Crippen molar-refractivity contribution in [1.82, 2.24) is 14.9 Å². The molecule has 1 saturated heterocycles. The summed E-state index contributed by atoms with van der Waals surface area (Å²) < 4.78 is 54.0. The number of ether oxygens (including phenoxy) is 2. The molecule has 4 rings (SSSR count). The molecule has 1 aliphatic heterocycles. The Morgan fingerprint density at radius 3 is 2.79 bits per heavy atom. The van der Waals surface area contributed by atoms with Gasteiger partial charge in [-0.3, -0.25) is 4.79 Å². The summed E-state index contributed by atoms with van der Waals surface area (Å²) in [5.74, 6) is -1.47. The third-order valence-electron chi connectivity index (χ3n) is 5.46. The maximum absolute atomic E-state index is 14.8. The lowest BCUT2D eigenvalue weighted by molar-refractivity contribution is -0.129. The number of hydrogen-bond acceptors (Lipinski definition) is 6. The molecule has 2 heterocycles. The standard InChI is InChI=1S/C23H20ClF3N4O3/c1-3-20(32)31-7-6-17(14(26)10-31)34-19-8-12-16(9-18(19)33-2)28-11-29-23(12)30-15-5-4-13(25)21(24)22(15)27/h3-5,8-9,11,14,17H,1,6-7,10H2,2H3,(H,28,29,30). The fourth-order valence-electron chi connectivity index (χ4n) is 3.67. The Balaban J connectivity index is 1.65. The van der Waals surface area contributed by atoms with Crippen LogP contribution in [0, 0.1) is 11.6 Å². The number of likely N-dealkylation sites (tertiary alicyclic amines) is 1. The number of nitrogens with one attached hydrogen (secondary N) is 1. The first kappa shape index (κ1) is 23.6. The predicted molar refractivity (Wildman–Crippen MR) is 121 cm³/mol. The van der Waals surface area contributed by atoms with Crippen molar-refractivity contribution in [2.24, 2.45) is 0 Å². The number of rotatable bonds is 6. The number of piperidine rings is 1. The number of nitrogens with zero attached hydrogens (tertiary/aromatic N) is 3. The Labute approximate surface area is 198 Å². The van der Waals surface area contributed by atoms with Crippen LogP contribution in [0.25, 0.3) is 10.9 Å². The molecule has 7 nitrogen and oxygen atoms in total. The van der Waals surface area contributed by atoms with Crippen molar-refractivity contribution in [2.45, 2.75) is 18.7 Å². The van der Waals surface area contributed by atoms with Gasteiger partial charge in [0.1, 0.15) is 29.1 Å². The number of amides is 1. The van der Waals surface area contributed by atoms with Crippen LogP contribution in [0.4, 0.5) is 24.7 Å². The highest BCUT2D eigenvalue weighted by molar-refractivity contribution is 6.31. The average Bonchev–Trinajstić information content (AvgIpc) is 2.84. The van der Waals surface area contributed by atoms with Crippen molar-refractivity contribution in [1.29, 1.82) is 0 Å². The van der Waals surface area contributed by atoms with Crippen LogP contribution in [0.3, 0.4) is 0 Å². The minimum Gasteiger partial charge on any atom is -0.493 e. The molecule has 2 aromatic carbocycles. The number of carbonyl (C=O) groups is 1. The van der Waals surface area contributed by atoms with Crippen LogP contribution in [0.5, 0.6) is 11.5 Å². The van der Waals surface area contributed by atoms with Crippen LogP contribution in [0.1, 0.15) is 6.42 Å². The molecule has 0 spiro atoms. The second kappa shape index (κ2) is 9.76. The van der Waals surface area contributed by atoms with Gasteiger partial charge in [-0.15, -0.1) is 0 Å². The van der Waals surface area contributed by atoms with Gasteiger partial charge in [0.2, 0.25) is 5.91 Å². The van der Waals surface area contributed by atoms with E-state index in [1.54, 1.807) is 12.1 Å². The average molecular weight is 493 g/mol. The minimum atomic E-state index is -1.43. The highest BCUT2D eigenvalue weighted by Gasteiger charge is 2.33. The molecule has 0 saturated carbocycles. The Bertz CT molecular complexity index is 1260. The number of hydrogen-bond donors (Lipinski definition) is 1. The van der Waals surface area contributed by atoms with Crippen molar-refractivity contribution in [2.75, 3.05) is 25.5 Å². The molecule has 1 aromatic heterocycles. The molecule has 1 aliphatic rings. The van der Waals surface area contributed by atoms with E-state index in [1.165, 1.54) is 24.4 Å². The Hall–Kier alpha value is -3.53. The first-order chi connectivity index (χ1) is 16.3. The third kappa shape index (κ3) is 4.58. The zero-order chi connectivity index (χ0) is 24.4. The van der Waals surface area contributed by atoms with Gasteiger partial charge in [0.15, 0.2) is 23.5 Å². The van der Waals surface area contributed by atoms with Crippen molar-refractivity contribution in [3.05, 3.63) is 59.9 Å². The molecule has 0 radical (unpaired) electrons. The van der Waals surface area contributed by atoms with E-state index in [-0.39, 0.29) is 36.1 Å². The lowest BCUT2D eigenvalue weighted by Gasteiger charge is -2.34. The molecule has 34 heavy (non-hydrogen) atoms. The van der Waals surface area contributed by atoms with Crippen molar-refractivity contribution >= 4 is 39.9 Å². The van der Waals surface area contributed by atoms with E-state index in [9.17, 15) is 18.0 Å². The number of alkyl halides is 1. The molecule has 1 N–H and O–H groups in total. The van der Waals surface area contributed by atoms with Gasteiger partial charge in [-0.25, -0.2) is 23.1 Å². The van der Waals surface area contributed by atoms with E-state index < -0.39 is 28.9 Å². The highest BCUT2D eigenvalue weighted by Crippen LogP contribution is 2.37. The van der Waals surface area contributed by atoms with Gasteiger partial charge < -0.3 is 19.7 Å². The number of fused-ring (bicyclic) bond motifs is 1. The molecule has 11 heteroatoms. The monoisotopic (exact) mass is 492 g/mol. The normalized spacial score (nSPS) is 18.0. The van der Waals surface area contributed by atoms with E-state index in [0.29, 0.717) is 23.2 Å². The van der Waals surface area contributed by atoms with Crippen LogP contribution in [-0.2, 0) is 4.79 Å². The molecule has 2 unspecified atom stereocenters. The second-order valence-electron chi connectivity index (χ2n) is 7.54. The predicted octanol–water partition coefficient (Wildman–Crippen LogP) is 4.82. The van der Waals surface area contributed by atoms with Crippen LogP contribution in [-0.4, -0.2) is 53.2 Å². The summed E-state index contributed by atoms with van der Waals surface area (Å²) >= 11 is 5.67. The van der Waals surface area contributed by atoms with Gasteiger partial charge in [0.25, 0.3) is 0 Å². The molecular formula is C23H20ClF3N4O3.